The molecule has 0 bridgehead atoms. The number of carboxylic acids is 1. The number of aryl methyl sites for hydroxylation is 3. The zero-order valence-corrected chi connectivity index (χ0v) is 21.3. The highest BCUT2D eigenvalue weighted by Gasteiger charge is 2.33. The molecule has 0 amide bonds. The van der Waals surface area contributed by atoms with Crippen molar-refractivity contribution >= 4 is 11.6 Å². The van der Waals surface area contributed by atoms with E-state index in [9.17, 15) is 9.90 Å². The van der Waals surface area contributed by atoms with E-state index in [1.54, 1.807) is 4.52 Å². The van der Waals surface area contributed by atoms with Crippen LogP contribution >= 0.6 is 0 Å². The van der Waals surface area contributed by atoms with E-state index in [1.807, 2.05) is 71.0 Å². The minimum Gasteiger partial charge on any atom is -0.493 e. The minimum absolute atomic E-state index is 0.500. The molecular formula is C29H31N3O4. The van der Waals surface area contributed by atoms with Crippen molar-refractivity contribution in [1.29, 1.82) is 0 Å². The maximum Gasteiger partial charge on any atom is 0.337 e. The number of hydrogen-bond donors (Lipinski definition) is 1. The van der Waals surface area contributed by atoms with Crippen LogP contribution in [0.1, 0.15) is 55.7 Å². The molecule has 0 fully saturated rings. The molecule has 0 aliphatic carbocycles. The van der Waals surface area contributed by atoms with Crippen molar-refractivity contribution in [2.24, 2.45) is 0 Å². The lowest BCUT2D eigenvalue weighted by Crippen LogP contribution is -2.29. The Morgan fingerprint density at radius 3 is 2.64 bits per heavy atom. The van der Waals surface area contributed by atoms with Gasteiger partial charge in [0, 0.05) is 28.5 Å². The first-order chi connectivity index (χ1) is 17.1. The van der Waals surface area contributed by atoms with E-state index in [-0.39, 0.29) is 0 Å². The first-order valence-electron chi connectivity index (χ1n) is 12.2. The van der Waals surface area contributed by atoms with Crippen molar-refractivity contribution in [3.63, 3.8) is 0 Å². The fourth-order valence-corrected chi connectivity index (χ4v) is 4.76. The quantitative estimate of drug-likeness (QED) is 0.376. The third-order valence-corrected chi connectivity index (χ3v) is 6.28. The Kier molecular flexibility index (Phi) is 6.04. The van der Waals surface area contributed by atoms with Crippen molar-refractivity contribution in [2.45, 2.75) is 59.2 Å². The van der Waals surface area contributed by atoms with Gasteiger partial charge in [0.05, 0.1) is 23.6 Å². The van der Waals surface area contributed by atoms with Crippen LogP contribution in [0, 0.1) is 13.8 Å². The second-order valence-corrected chi connectivity index (χ2v) is 10.4. The first kappa shape index (κ1) is 24.0. The Morgan fingerprint density at radius 2 is 1.92 bits per heavy atom. The summed E-state index contributed by atoms with van der Waals surface area (Å²) in [6.07, 6.45) is 0.633. The highest BCUT2D eigenvalue weighted by molar-refractivity contribution is 5.81. The lowest BCUT2D eigenvalue weighted by molar-refractivity contribution is -0.160. The number of fused-ring (bicyclic) bond motifs is 2. The Balaban J connectivity index is 1.80. The zero-order valence-electron chi connectivity index (χ0n) is 21.3. The van der Waals surface area contributed by atoms with Gasteiger partial charge in [-0.3, -0.25) is 0 Å². The molecule has 7 nitrogen and oxygen atoms in total. The van der Waals surface area contributed by atoms with E-state index in [2.05, 4.69) is 12.1 Å². The molecule has 0 spiro atoms. The van der Waals surface area contributed by atoms with Crippen LogP contribution in [0.5, 0.6) is 5.75 Å². The van der Waals surface area contributed by atoms with Crippen molar-refractivity contribution in [2.75, 3.05) is 6.61 Å². The molecule has 2 aromatic carbocycles. The summed E-state index contributed by atoms with van der Waals surface area (Å²) in [5, 5.41) is 15.2. The second-order valence-electron chi connectivity index (χ2n) is 10.4. The summed E-state index contributed by atoms with van der Waals surface area (Å²) in [6.45, 7) is 10.1. The zero-order chi connectivity index (χ0) is 25.6. The van der Waals surface area contributed by atoms with Gasteiger partial charge in [-0.1, -0.05) is 23.8 Å². The average Bonchev–Trinajstić information content (AvgIpc) is 3.24. The third kappa shape index (κ3) is 4.58. The van der Waals surface area contributed by atoms with Gasteiger partial charge in [-0.05, 0) is 77.3 Å². The monoisotopic (exact) mass is 485 g/mol. The normalized spacial score (nSPS) is 14.4. The fourth-order valence-electron chi connectivity index (χ4n) is 4.76. The van der Waals surface area contributed by atoms with Gasteiger partial charge in [0.15, 0.2) is 11.8 Å². The van der Waals surface area contributed by atoms with Crippen molar-refractivity contribution in [3.05, 3.63) is 70.9 Å². The van der Waals surface area contributed by atoms with Crippen LogP contribution in [0.15, 0.2) is 48.5 Å². The van der Waals surface area contributed by atoms with E-state index < -0.39 is 17.7 Å². The van der Waals surface area contributed by atoms with Gasteiger partial charge in [0.25, 0.3) is 0 Å². The standard InChI is InChI=1S/C29H31N3O4/c1-17-8-6-9-19(14-17)22-16-24-30-18(2)25(27(28(33)34)36-29(3,4)5)26(32(24)31-22)21-11-12-23-20(15-21)10-7-13-35-23/h6,8-9,11-12,14-16,27H,7,10,13H2,1-5H3,(H,33,34). The predicted molar refractivity (Wildman–Crippen MR) is 138 cm³/mol. The molecule has 5 rings (SSSR count). The second kappa shape index (κ2) is 9.06. The number of aromatic nitrogens is 3. The van der Waals surface area contributed by atoms with Crippen LogP contribution in [-0.4, -0.2) is 37.9 Å². The summed E-state index contributed by atoms with van der Waals surface area (Å²) < 4.78 is 13.7. The summed E-state index contributed by atoms with van der Waals surface area (Å²) in [6, 6.07) is 16.1. The molecule has 0 radical (unpaired) electrons. The molecule has 1 aliphatic rings. The van der Waals surface area contributed by atoms with Crippen molar-refractivity contribution in [3.8, 4) is 28.3 Å². The topological polar surface area (TPSA) is 86.0 Å². The number of benzene rings is 2. The predicted octanol–water partition coefficient (Wildman–Crippen LogP) is 5.95. The van der Waals surface area contributed by atoms with Gasteiger partial charge in [-0.2, -0.15) is 5.10 Å². The number of carbonyl (C=O) groups is 1. The van der Waals surface area contributed by atoms with Crippen LogP contribution in [-0.2, 0) is 16.0 Å². The lowest BCUT2D eigenvalue weighted by atomic mass is 9.96. The Labute approximate surface area is 210 Å². The number of hydrogen-bond acceptors (Lipinski definition) is 5. The molecule has 1 atom stereocenters. The van der Waals surface area contributed by atoms with Crippen LogP contribution in [0.2, 0.25) is 0 Å². The molecule has 4 aromatic rings. The molecule has 1 N–H and O–H groups in total. The van der Waals surface area contributed by atoms with Crippen LogP contribution in [0.3, 0.4) is 0 Å². The highest BCUT2D eigenvalue weighted by atomic mass is 16.5. The molecule has 186 valence electrons. The molecule has 3 heterocycles. The maximum absolute atomic E-state index is 12.5. The van der Waals surface area contributed by atoms with Gasteiger partial charge in [-0.25, -0.2) is 14.3 Å². The van der Waals surface area contributed by atoms with Crippen LogP contribution in [0.4, 0.5) is 0 Å². The highest BCUT2D eigenvalue weighted by Crippen LogP contribution is 2.38. The summed E-state index contributed by atoms with van der Waals surface area (Å²) in [5.74, 6) is -0.196. The van der Waals surface area contributed by atoms with Crippen LogP contribution < -0.4 is 4.74 Å². The third-order valence-electron chi connectivity index (χ3n) is 6.28. The van der Waals surface area contributed by atoms with Crippen molar-refractivity contribution in [1.82, 2.24) is 14.6 Å². The molecule has 1 unspecified atom stereocenters. The largest absolute Gasteiger partial charge is 0.493 e. The van der Waals surface area contributed by atoms with Gasteiger partial charge in [0.1, 0.15) is 5.75 Å². The Bertz CT molecular complexity index is 1470. The van der Waals surface area contributed by atoms with Gasteiger partial charge >= 0.3 is 5.97 Å². The van der Waals surface area contributed by atoms with E-state index in [4.69, 9.17) is 19.6 Å². The van der Waals surface area contributed by atoms with E-state index in [0.717, 1.165) is 46.5 Å². The molecule has 0 saturated heterocycles. The van der Waals surface area contributed by atoms with E-state index in [0.29, 0.717) is 29.2 Å². The minimum atomic E-state index is -1.21. The molecule has 0 saturated carbocycles. The molecule has 36 heavy (non-hydrogen) atoms. The molecule has 1 aliphatic heterocycles. The number of rotatable bonds is 5. The number of ether oxygens (including phenoxy) is 2. The fraction of sp³-hybridized carbons (Fsp3) is 0.345. The molecule has 2 aromatic heterocycles. The van der Waals surface area contributed by atoms with Crippen molar-refractivity contribution < 1.29 is 19.4 Å². The van der Waals surface area contributed by atoms with Crippen LogP contribution in [0.25, 0.3) is 28.2 Å². The summed E-state index contributed by atoms with van der Waals surface area (Å²) >= 11 is 0. The summed E-state index contributed by atoms with van der Waals surface area (Å²) in [5.41, 5.74) is 6.57. The molecule has 7 heteroatoms. The molecular weight excluding hydrogens is 454 g/mol. The van der Waals surface area contributed by atoms with Gasteiger partial charge in [0.2, 0.25) is 0 Å². The number of carboxylic acid groups (broad SMARTS) is 1. The van der Waals surface area contributed by atoms with Gasteiger partial charge < -0.3 is 14.6 Å². The summed E-state index contributed by atoms with van der Waals surface area (Å²) in [7, 11) is 0. The first-order valence-corrected chi connectivity index (χ1v) is 12.2. The average molecular weight is 486 g/mol. The van der Waals surface area contributed by atoms with E-state index >= 15 is 0 Å². The lowest BCUT2D eigenvalue weighted by Gasteiger charge is -2.28. The number of nitrogens with zero attached hydrogens (tertiary/aromatic N) is 3. The van der Waals surface area contributed by atoms with E-state index in [1.165, 1.54) is 0 Å². The summed E-state index contributed by atoms with van der Waals surface area (Å²) in [4.78, 5) is 17.3. The van der Waals surface area contributed by atoms with Gasteiger partial charge in [-0.15, -0.1) is 0 Å². The Hall–Kier alpha value is -3.71. The smallest absolute Gasteiger partial charge is 0.337 e. The SMILES string of the molecule is Cc1cccc(-c2cc3nc(C)c(C(OC(C)(C)C)C(=O)O)c(-c4ccc5c(c4)CCCO5)n3n2)c1. The Morgan fingerprint density at radius 1 is 1.11 bits per heavy atom. The maximum atomic E-state index is 12.5. The number of aliphatic carboxylic acids is 1.